The van der Waals surface area contributed by atoms with Gasteiger partial charge in [-0.25, -0.2) is 0 Å². The zero-order valence-corrected chi connectivity index (χ0v) is 18.1. The van der Waals surface area contributed by atoms with Gasteiger partial charge in [0.2, 0.25) is 0 Å². The second-order valence-corrected chi connectivity index (χ2v) is 20.8. The summed E-state index contributed by atoms with van der Waals surface area (Å²) >= 11 is -2.10. The number of unbranched alkanes of at least 4 members (excludes halogenated alkanes) is 3. The van der Waals surface area contributed by atoms with Crippen molar-refractivity contribution in [1.29, 1.82) is 0 Å². The van der Waals surface area contributed by atoms with E-state index >= 15 is 0 Å². The van der Waals surface area contributed by atoms with Crippen molar-refractivity contribution in [2.75, 3.05) is 6.61 Å². The van der Waals surface area contributed by atoms with Crippen LogP contribution >= 0.6 is 0 Å². The van der Waals surface area contributed by atoms with Crippen molar-refractivity contribution in [3.8, 4) is 0 Å². The molecule has 1 aliphatic rings. The van der Waals surface area contributed by atoms with Crippen LogP contribution in [0.2, 0.25) is 17.7 Å². The molecule has 0 aromatic heterocycles. The van der Waals surface area contributed by atoms with Crippen LogP contribution in [0.15, 0.2) is 11.6 Å². The van der Waals surface area contributed by atoms with E-state index in [9.17, 15) is 4.79 Å². The number of carbonyl (C=O) groups is 1. The van der Waals surface area contributed by atoms with Gasteiger partial charge in [0.25, 0.3) is 0 Å². The Bertz CT molecular complexity index is 341. The summed E-state index contributed by atoms with van der Waals surface area (Å²) in [5, 5.41) is 0. The minimum atomic E-state index is -2.10. The zero-order chi connectivity index (χ0) is 16.4. The van der Waals surface area contributed by atoms with Gasteiger partial charge in [-0.2, -0.15) is 0 Å². The van der Waals surface area contributed by atoms with Crippen LogP contribution in [0, 0.1) is 5.92 Å². The molecular weight excluding hydrogens is 379 g/mol. The summed E-state index contributed by atoms with van der Waals surface area (Å²) in [4.78, 5) is 11.9. The summed E-state index contributed by atoms with van der Waals surface area (Å²) < 4.78 is 11.1. The maximum atomic E-state index is 11.9. The molecule has 0 N–H and O–H groups in total. The molecule has 0 heterocycles. The van der Waals surface area contributed by atoms with Gasteiger partial charge in [-0.1, -0.05) is 0 Å². The molecule has 0 aromatic carbocycles. The SMILES string of the molecule is CCC[CH2][Sn]([CH2]CCC)([CH2]CCC)[CH2]C1=CC1C(=O)OCC. The van der Waals surface area contributed by atoms with Gasteiger partial charge in [0, 0.05) is 0 Å². The Morgan fingerprint density at radius 1 is 1.00 bits per heavy atom. The van der Waals surface area contributed by atoms with Crippen molar-refractivity contribution in [2.24, 2.45) is 5.92 Å². The first kappa shape index (κ1) is 20.1. The van der Waals surface area contributed by atoms with Gasteiger partial charge in [-0.05, 0) is 0 Å². The van der Waals surface area contributed by atoms with Crippen molar-refractivity contribution in [2.45, 2.75) is 84.0 Å². The first-order valence-electron chi connectivity index (χ1n) is 9.49. The Morgan fingerprint density at radius 3 is 1.91 bits per heavy atom. The van der Waals surface area contributed by atoms with Gasteiger partial charge in [0.1, 0.15) is 0 Å². The number of ether oxygens (including phenoxy) is 1. The van der Waals surface area contributed by atoms with Crippen LogP contribution in [0.25, 0.3) is 0 Å². The van der Waals surface area contributed by atoms with E-state index in [0.717, 1.165) is 0 Å². The Labute approximate surface area is 142 Å². The number of rotatable bonds is 13. The molecule has 0 aromatic rings. The van der Waals surface area contributed by atoms with Gasteiger partial charge >= 0.3 is 142 Å². The van der Waals surface area contributed by atoms with Crippen LogP contribution in [0.4, 0.5) is 0 Å². The van der Waals surface area contributed by atoms with E-state index in [1.165, 1.54) is 61.8 Å². The van der Waals surface area contributed by atoms with E-state index in [1.807, 2.05) is 6.92 Å². The van der Waals surface area contributed by atoms with Crippen LogP contribution in [-0.4, -0.2) is 31.0 Å². The Balaban J connectivity index is 2.66. The third kappa shape index (κ3) is 6.64. The summed E-state index contributed by atoms with van der Waals surface area (Å²) in [5.41, 5.74) is 1.44. The molecule has 0 spiro atoms. The number of hydrogen-bond acceptors (Lipinski definition) is 2. The first-order chi connectivity index (χ1) is 10.6. The number of esters is 1. The Hall–Kier alpha value is 0.00870. The Morgan fingerprint density at radius 2 is 1.50 bits per heavy atom. The molecule has 22 heavy (non-hydrogen) atoms. The standard InChI is InChI=1S/C7H9O2.3C4H9.Sn/c1-3-9-7(8)6-4-5(6)2;3*1-3-4-2;/h4,6H,2-3H2,1H3;3*1,3-4H2,2H3;. The molecule has 0 saturated heterocycles. The molecule has 1 rings (SSSR count). The third-order valence-corrected chi connectivity index (χ3v) is 20.4. The van der Waals surface area contributed by atoms with Crippen molar-refractivity contribution in [3.05, 3.63) is 11.6 Å². The monoisotopic (exact) mass is 416 g/mol. The average Bonchev–Trinajstić information content (AvgIpc) is 3.28. The van der Waals surface area contributed by atoms with Gasteiger partial charge in [0.05, 0.1) is 0 Å². The topological polar surface area (TPSA) is 26.3 Å². The molecule has 0 bridgehead atoms. The van der Waals surface area contributed by atoms with Crippen molar-refractivity contribution in [1.82, 2.24) is 0 Å². The molecule has 1 aliphatic carbocycles. The summed E-state index contributed by atoms with van der Waals surface area (Å²) in [7, 11) is 0. The summed E-state index contributed by atoms with van der Waals surface area (Å²) in [5.74, 6) is 0.0556. The quantitative estimate of drug-likeness (QED) is 0.211. The van der Waals surface area contributed by atoms with Crippen LogP contribution in [0.3, 0.4) is 0 Å². The van der Waals surface area contributed by atoms with Crippen molar-refractivity contribution < 1.29 is 9.53 Å². The number of hydrogen-bond donors (Lipinski definition) is 0. The average molecular weight is 415 g/mol. The van der Waals surface area contributed by atoms with Gasteiger partial charge in [-0.3, -0.25) is 0 Å². The van der Waals surface area contributed by atoms with E-state index in [1.54, 1.807) is 0 Å². The number of carbonyl (C=O) groups excluding carboxylic acids is 1. The molecule has 0 aliphatic heterocycles. The fourth-order valence-corrected chi connectivity index (χ4v) is 20.1. The summed E-state index contributed by atoms with van der Waals surface area (Å²) in [6, 6.07) is 0. The van der Waals surface area contributed by atoms with E-state index in [0.29, 0.717) is 6.61 Å². The van der Waals surface area contributed by atoms with E-state index in [4.69, 9.17) is 4.74 Å². The predicted molar refractivity (Wildman–Crippen MR) is 97.9 cm³/mol. The molecule has 3 heteroatoms. The van der Waals surface area contributed by atoms with Crippen LogP contribution in [0.5, 0.6) is 0 Å². The normalized spacial score (nSPS) is 17.3. The van der Waals surface area contributed by atoms with Crippen LogP contribution in [0.1, 0.15) is 66.2 Å². The molecule has 1 unspecified atom stereocenters. The van der Waals surface area contributed by atoms with Crippen molar-refractivity contribution in [3.63, 3.8) is 0 Å². The molecule has 0 saturated carbocycles. The second kappa shape index (κ2) is 10.7. The Kier molecular flexibility index (Phi) is 9.77. The van der Waals surface area contributed by atoms with E-state index < -0.39 is 18.4 Å². The predicted octanol–water partition coefficient (Wildman–Crippen LogP) is 5.95. The van der Waals surface area contributed by atoms with Crippen LogP contribution < -0.4 is 0 Å². The fourth-order valence-electron chi connectivity index (χ4n) is 3.51. The van der Waals surface area contributed by atoms with Gasteiger partial charge in [-0.15, -0.1) is 0 Å². The van der Waals surface area contributed by atoms with E-state index in [-0.39, 0.29) is 11.9 Å². The summed E-state index contributed by atoms with van der Waals surface area (Å²) in [6.45, 7) is 9.34. The van der Waals surface area contributed by atoms with Gasteiger partial charge in [0.15, 0.2) is 0 Å². The molecule has 0 radical (unpaired) electrons. The third-order valence-electron chi connectivity index (χ3n) is 4.97. The fraction of sp³-hybridized carbons (Fsp3) is 0.842. The molecule has 2 nitrogen and oxygen atoms in total. The molecular formula is C19H36O2Sn. The van der Waals surface area contributed by atoms with Crippen molar-refractivity contribution >= 4 is 24.3 Å². The zero-order valence-electron chi connectivity index (χ0n) is 15.2. The minimum absolute atomic E-state index is 0.000775. The van der Waals surface area contributed by atoms with E-state index in [2.05, 4.69) is 26.8 Å². The van der Waals surface area contributed by atoms with Gasteiger partial charge < -0.3 is 0 Å². The second-order valence-electron chi connectivity index (χ2n) is 6.96. The first-order valence-corrected chi connectivity index (χ1v) is 17.6. The van der Waals surface area contributed by atoms with Crippen LogP contribution in [-0.2, 0) is 9.53 Å². The maximum absolute atomic E-state index is 11.9. The molecule has 0 fully saturated rings. The molecule has 128 valence electrons. The molecule has 1 atom stereocenters. The summed E-state index contributed by atoms with van der Waals surface area (Å²) in [6.07, 6.45) is 10.3. The molecule has 0 amide bonds.